The fourth-order valence-electron chi connectivity index (χ4n) is 2.69. The average Bonchev–Trinajstić information content (AvgIpc) is 2.81. The molecule has 1 nitrogen and oxygen atoms in total. The van der Waals surface area contributed by atoms with Gasteiger partial charge in [-0.25, -0.2) is 0 Å². The van der Waals surface area contributed by atoms with Crippen LogP contribution >= 0.6 is 0 Å². The van der Waals surface area contributed by atoms with Crippen LogP contribution in [0.15, 0.2) is 54.6 Å². The van der Waals surface area contributed by atoms with Crippen LogP contribution in [0.5, 0.6) is 0 Å². The zero-order valence-corrected chi connectivity index (χ0v) is 11.3. The van der Waals surface area contributed by atoms with Crippen molar-refractivity contribution < 1.29 is 0 Å². The molecule has 1 unspecified atom stereocenters. The molecular formula is C18H19N. The Kier molecular flexibility index (Phi) is 3.37. The normalized spacial score (nSPS) is 17.4. The van der Waals surface area contributed by atoms with Crippen molar-refractivity contribution in [3.8, 4) is 0 Å². The molecule has 0 saturated heterocycles. The molecule has 1 aliphatic heterocycles. The number of anilines is 1. The lowest BCUT2D eigenvalue weighted by Crippen LogP contribution is -2.09. The molecule has 19 heavy (non-hydrogen) atoms. The molecule has 0 saturated carbocycles. The van der Waals surface area contributed by atoms with E-state index in [-0.39, 0.29) is 0 Å². The zero-order chi connectivity index (χ0) is 13.1. The van der Waals surface area contributed by atoms with Crippen molar-refractivity contribution in [1.82, 2.24) is 0 Å². The molecular weight excluding hydrogens is 230 g/mol. The Bertz CT molecular complexity index is 584. The highest BCUT2D eigenvalue weighted by molar-refractivity contribution is 5.63. The predicted octanol–water partition coefficient (Wildman–Crippen LogP) is 4.30. The average molecular weight is 249 g/mol. The van der Waals surface area contributed by atoms with Gasteiger partial charge in [0, 0.05) is 11.7 Å². The van der Waals surface area contributed by atoms with Gasteiger partial charge in [0.2, 0.25) is 0 Å². The fourth-order valence-corrected chi connectivity index (χ4v) is 2.69. The van der Waals surface area contributed by atoms with Crippen LogP contribution in [-0.2, 0) is 12.8 Å². The summed E-state index contributed by atoms with van der Waals surface area (Å²) in [5, 5.41) is 3.58. The van der Waals surface area contributed by atoms with Crippen LogP contribution in [0, 0.1) is 0 Å². The van der Waals surface area contributed by atoms with Crippen LogP contribution < -0.4 is 5.32 Å². The molecule has 1 heterocycles. The van der Waals surface area contributed by atoms with E-state index in [1.165, 1.54) is 22.4 Å². The Hall–Kier alpha value is -2.02. The van der Waals surface area contributed by atoms with E-state index < -0.39 is 0 Å². The second-order valence-corrected chi connectivity index (χ2v) is 5.22. The van der Waals surface area contributed by atoms with Crippen LogP contribution in [0.4, 0.5) is 5.69 Å². The Morgan fingerprint density at radius 3 is 2.79 bits per heavy atom. The van der Waals surface area contributed by atoms with Gasteiger partial charge in [-0.2, -0.15) is 0 Å². The molecule has 3 rings (SSSR count). The molecule has 96 valence electrons. The predicted molar refractivity (Wildman–Crippen MR) is 82.4 cm³/mol. The lowest BCUT2D eigenvalue weighted by molar-refractivity contribution is 0.839. The number of hydrogen-bond donors (Lipinski definition) is 1. The standard InChI is InChI=1S/C18H19N/c1-14-13-17-12-6-11-16(18(17)19-14)10-5-9-15-7-3-2-4-8-15/h2-9,11-12,14,19H,10,13H2,1H3/b9-5+. The first-order valence-electron chi connectivity index (χ1n) is 6.92. The summed E-state index contributed by atoms with van der Waals surface area (Å²) < 4.78 is 0. The summed E-state index contributed by atoms with van der Waals surface area (Å²) in [5.74, 6) is 0. The number of nitrogens with one attached hydrogen (secondary N) is 1. The van der Waals surface area contributed by atoms with Gasteiger partial charge >= 0.3 is 0 Å². The highest BCUT2D eigenvalue weighted by Crippen LogP contribution is 2.29. The van der Waals surface area contributed by atoms with Crippen molar-refractivity contribution in [3.63, 3.8) is 0 Å². The summed E-state index contributed by atoms with van der Waals surface area (Å²) >= 11 is 0. The van der Waals surface area contributed by atoms with Crippen LogP contribution in [0.25, 0.3) is 6.08 Å². The maximum absolute atomic E-state index is 3.58. The third kappa shape index (κ3) is 2.70. The third-order valence-electron chi connectivity index (χ3n) is 3.60. The van der Waals surface area contributed by atoms with Gasteiger partial charge < -0.3 is 5.32 Å². The van der Waals surface area contributed by atoms with Crippen molar-refractivity contribution in [2.24, 2.45) is 0 Å². The second-order valence-electron chi connectivity index (χ2n) is 5.22. The quantitative estimate of drug-likeness (QED) is 0.855. The zero-order valence-electron chi connectivity index (χ0n) is 11.3. The van der Waals surface area contributed by atoms with Gasteiger partial charge in [-0.3, -0.25) is 0 Å². The molecule has 0 fully saturated rings. The summed E-state index contributed by atoms with van der Waals surface area (Å²) in [6.07, 6.45) is 6.57. The van der Waals surface area contributed by atoms with E-state index in [0.717, 1.165) is 12.8 Å². The van der Waals surface area contributed by atoms with Crippen LogP contribution in [0.3, 0.4) is 0 Å². The first-order valence-corrected chi connectivity index (χ1v) is 6.92. The lowest BCUT2D eigenvalue weighted by atomic mass is 10.0. The fraction of sp³-hybridized carbons (Fsp3) is 0.222. The number of hydrogen-bond acceptors (Lipinski definition) is 1. The van der Waals surface area contributed by atoms with Gasteiger partial charge in [-0.1, -0.05) is 60.7 Å². The van der Waals surface area contributed by atoms with Crippen molar-refractivity contribution in [3.05, 3.63) is 71.3 Å². The Morgan fingerprint density at radius 1 is 1.11 bits per heavy atom. The minimum Gasteiger partial charge on any atom is -0.382 e. The Morgan fingerprint density at radius 2 is 1.95 bits per heavy atom. The SMILES string of the molecule is CC1Cc2cccc(C/C=C/c3ccccc3)c2N1. The number of para-hydroxylation sites is 1. The van der Waals surface area contributed by atoms with E-state index in [1.54, 1.807) is 0 Å². The lowest BCUT2D eigenvalue weighted by Gasteiger charge is -2.08. The molecule has 0 bridgehead atoms. The topological polar surface area (TPSA) is 12.0 Å². The number of benzene rings is 2. The van der Waals surface area contributed by atoms with E-state index in [9.17, 15) is 0 Å². The summed E-state index contributed by atoms with van der Waals surface area (Å²) in [4.78, 5) is 0. The van der Waals surface area contributed by atoms with Crippen LogP contribution in [0.2, 0.25) is 0 Å². The van der Waals surface area contributed by atoms with E-state index in [4.69, 9.17) is 0 Å². The summed E-state index contributed by atoms with van der Waals surface area (Å²) in [6.45, 7) is 2.24. The van der Waals surface area contributed by atoms with Gasteiger partial charge in [-0.05, 0) is 36.5 Å². The van der Waals surface area contributed by atoms with Gasteiger partial charge in [0.1, 0.15) is 0 Å². The first kappa shape index (κ1) is 12.0. The Labute approximate surface area is 115 Å². The van der Waals surface area contributed by atoms with E-state index in [1.807, 2.05) is 6.07 Å². The van der Waals surface area contributed by atoms with Crippen molar-refractivity contribution >= 4 is 11.8 Å². The van der Waals surface area contributed by atoms with Crippen LogP contribution in [-0.4, -0.2) is 6.04 Å². The van der Waals surface area contributed by atoms with Crippen LogP contribution in [0.1, 0.15) is 23.6 Å². The number of rotatable bonds is 3. The highest BCUT2D eigenvalue weighted by atomic mass is 14.9. The second kappa shape index (κ2) is 5.31. The first-order chi connectivity index (χ1) is 9.33. The molecule has 0 radical (unpaired) electrons. The highest BCUT2D eigenvalue weighted by Gasteiger charge is 2.18. The molecule has 0 amide bonds. The van der Waals surface area contributed by atoms with Gasteiger partial charge in [0.05, 0.1) is 0 Å². The third-order valence-corrected chi connectivity index (χ3v) is 3.60. The summed E-state index contributed by atoms with van der Waals surface area (Å²) in [6, 6.07) is 17.6. The Balaban J connectivity index is 1.75. The molecule has 0 aromatic heterocycles. The smallest absolute Gasteiger partial charge is 0.0411 e. The minimum atomic E-state index is 0.564. The molecule has 2 aromatic rings. The maximum Gasteiger partial charge on any atom is 0.0411 e. The van der Waals surface area contributed by atoms with Gasteiger partial charge in [-0.15, -0.1) is 0 Å². The molecule has 2 aromatic carbocycles. The van der Waals surface area contributed by atoms with E-state index in [2.05, 4.69) is 66.9 Å². The molecule has 1 N–H and O–H groups in total. The van der Waals surface area contributed by atoms with Crippen molar-refractivity contribution in [2.75, 3.05) is 5.32 Å². The minimum absolute atomic E-state index is 0.564. The molecule has 1 aliphatic rings. The maximum atomic E-state index is 3.58. The monoisotopic (exact) mass is 249 g/mol. The van der Waals surface area contributed by atoms with Gasteiger partial charge in [0.25, 0.3) is 0 Å². The number of allylic oxidation sites excluding steroid dienone is 1. The van der Waals surface area contributed by atoms with Crippen molar-refractivity contribution in [1.29, 1.82) is 0 Å². The molecule has 1 atom stereocenters. The molecule has 0 spiro atoms. The van der Waals surface area contributed by atoms with E-state index in [0.29, 0.717) is 6.04 Å². The van der Waals surface area contributed by atoms with E-state index >= 15 is 0 Å². The van der Waals surface area contributed by atoms with Gasteiger partial charge in [0.15, 0.2) is 0 Å². The molecule has 0 aliphatic carbocycles. The van der Waals surface area contributed by atoms with Crippen molar-refractivity contribution in [2.45, 2.75) is 25.8 Å². The molecule has 1 heteroatoms. The summed E-state index contributed by atoms with van der Waals surface area (Å²) in [7, 11) is 0. The largest absolute Gasteiger partial charge is 0.382 e. The number of fused-ring (bicyclic) bond motifs is 1. The summed E-state index contributed by atoms with van der Waals surface area (Å²) in [5.41, 5.74) is 5.47.